The first-order valence-electron chi connectivity index (χ1n) is 4.60. The summed E-state index contributed by atoms with van der Waals surface area (Å²) in [5.41, 5.74) is 7.83. The lowest BCUT2D eigenvalue weighted by molar-refractivity contribution is -0.116. The zero-order chi connectivity index (χ0) is 10.8. The van der Waals surface area contributed by atoms with Crippen LogP contribution < -0.4 is 11.1 Å². The van der Waals surface area contributed by atoms with E-state index in [1.807, 2.05) is 29.8 Å². The molecule has 5 nitrogen and oxygen atoms in total. The van der Waals surface area contributed by atoms with Crippen molar-refractivity contribution in [3.8, 4) is 0 Å². The maximum Gasteiger partial charge on any atom is 0.236 e. The van der Waals surface area contributed by atoms with Crippen LogP contribution in [0.1, 0.15) is 0 Å². The predicted octanol–water partition coefficient (Wildman–Crippen LogP) is 0.470. The van der Waals surface area contributed by atoms with Crippen molar-refractivity contribution in [1.82, 2.24) is 9.55 Å². The molecule has 1 aromatic carbocycles. The van der Waals surface area contributed by atoms with Crippen molar-refractivity contribution in [3.63, 3.8) is 0 Å². The molecule has 3 N–H and O–H groups in total. The molecule has 0 bridgehead atoms. The molecule has 15 heavy (non-hydrogen) atoms. The van der Waals surface area contributed by atoms with E-state index in [0.29, 0.717) is 0 Å². The van der Waals surface area contributed by atoms with E-state index in [-0.39, 0.29) is 12.5 Å². The van der Waals surface area contributed by atoms with Crippen molar-refractivity contribution < 1.29 is 4.79 Å². The molecule has 0 radical (unpaired) electrons. The normalized spacial score (nSPS) is 10.5. The Morgan fingerprint density at radius 2 is 2.40 bits per heavy atom. The van der Waals surface area contributed by atoms with Crippen LogP contribution in [0, 0.1) is 0 Å². The summed E-state index contributed by atoms with van der Waals surface area (Å²) in [7, 11) is 1.94. The first kappa shape index (κ1) is 9.51. The lowest BCUT2D eigenvalue weighted by atomic mass is 10.2. The number of aromatic nitrogens is 2. The van der Waals surface area contributed by atoms with Gasteiger partial charge in [0.25, 0.3) is 0 Å². The number of aryl methyl sites for hydroxylation is 1. The average molecular weight is 204 g/mol. The second-order valence-corrected chi connectivity index (χ2v) is 3.38. The highest BCUT2D eigenvalue weighted by atomic mass is 16.1. The number of fused-ring (bicyclic) bond motifs is 1. The molecule has 2 aromatic rings. The van der Waals surface area contributed by atoms with E-state index in [2.05, 4.69) is 10.3 Å². The summed E-state index contributed by atoms with van der Waals surface area (Å²) in [5.74, 6) is -0.379. The molecular weight excluding hydrogens is 192 g/mol. The fourth-order valence-electron chi connectivity index (χ4n) is 1.44. The number of imidazole rings is 1. The lowest BCUT2D eigenvalue weighted by Crippen LogP contribution is -2.21. The van der Waals surface area contributed by atoms with Crippen molar-refractivity contribution in [1.29, 1.82) is 0 Å². The van der Waals surface area contributed by atoms with Gasteiger partial charge in [-0.05, 0) is 18.2 Å². The molecule has 0 fully saturated rings. The summed E-state index contributed by atoms with van der Waals surface area (Å²) in [5, 5.41) is 2.92. The van der Waals surface area contributed by atoms with Gasteiger partial charge in [0.15, 0.2) is 0 Å². The van der Waals surface area contributed by atoms with Crippen LogP contribution >= 0.6 is 0 Å². The summed E-state index contributed by atoms with van der Waals surface area (Å²) in [6, 6.07) is 5.73. The van der Waals surface area contributed by atoms with Gasteiger partial charge in [-0.3, -0.25) is 4.79 Å². The second-order valence-electron chi connectivity index (χ2n) is 3.38. The number of nitrogens with one attached hydrogen (secondary N) is 1. The van der Waals surface area contributed by atoms with Gasteiger partial charge in [0.1, 0.15) is 0 Å². The summed E-state index contributed by atoms with van der Waals surface area (Å²) < 4.78 is 1.94. The smallest absolute Gasteiger partial charge is 0.236 e. The number of benzene rings is 1. The molecule has 0 spiro atoms. The first-order valence-corrected chi connectivity index (χ1v) is 4.60. The Labute approximate surface area is 86.9 Å². The van der Waals surface area contributed by atoms with Crippen molar-refractivity contribution >= 4 is 22.6 Å². The highest BCUT2D eigenvalue weighted by Crippen LogP contribution is 2.16. The highest BCUT2D eigenvalue weighted by molar-refractivity contribution is 5.82. The molecule has 0 atom stereocenters. The zero-order valence-corrected chi connectivity index (χ0v) is 8.40. The minimum Gasteiger partial charge on any atom is -0.376 e. The number of rotatable bonds is 3. The van der Waals surface area contributed by atoms with Crippen LogP contribution in [0.2, 0.25) is 0 Å². The van der Waals surface area contributed by atoms with Crippen LogP contribution in [0.5, 0.6) is 0 Å². The number of amides is 1. The number of nitrogens with zero attached hydrogens (tertiary/aromatic N) is 2. The van der Waals surface area contributed by atoms with Crippen LogP contribution in [0.4, 0.5) is 5.69 Å². The highest BCUT2D eigenvalue weighted by Gasteiger charge is 2.01. The number of hydrogen-bond acceptors (Lipinski definition) is 3. The summed E-state index contributed by atoms with van der Waals surface area (Å²) in [4.78, 5) is 14.8. The van der Waals surface area contributed by atoms with Crippen LogP contribution in [0.3, 0.4) is 0 Å². The first-order chi connectivity index (χ1) is 7.16. The van der Waals surface area contributed by atoms with Crippen LogP contribution in [-0.2, 0) is 11.8 Å². The minimum absolute atomic E-state index is 0.137. The Kier molecular flexibility index (Phi) is 2.29. The van der Waals surface area contributed by atoms with E-state index < -0.39 is 0 Å². The molecule has 78 valence electrons. The molecule has 1 heterocycles. The standard InChI is InChI=1S/C10H12N4O/c1-14-6-13-8-4-7(2-3-9(8)14)12-5-10(11)15/h2-4,6,12H,5H2,1H3,(H2,11,15). The Morgan fingerprint density at radius 1 is 1.60 bits per heavy atom. The Morgan fingerprint density at radius 3 is 3.13 bits per heavy atom. The molecule has 0 aliphatic rings. The van der Waals surface area contributed by atoms with Crippen LogP contribution in [-0.4, -0.2) is 22.0 Å². The molecular formula is C10H12N4O. The van der Waals surface area contributed by atoms with Gasteiger partial charge in [-0.25, -0.2) is 4.98 Å². The van der Waals surface area contributed by atoms with Crippen molar-refractivity contribution in [2.45, 2.75) is 0 Å². The van der Waals surface area contributed by atoms with Gasteiger partial charge in [-0.15, -0.1) is 0 Å². The van der Waals surface area contributed by atoms with Crippen LogP contribution in [0.15, 0.2) is 24.5 Å². The maximum atomic E-state index is 10.6. The number of nitrogens with two attached hydrogens (primary N) is 1. The quantitative estimate of drug-likeness (QED) is 0.763. The summed E-state index contributed by atoms with van der Waals surface area (Å²) in [6.45, 7) is 0.137. The van der Waals surface area contributed by atoms with E-state index in [1.165, 1.54) is 0 Å². The molecule has 0 aliphatic carbocycles. The lowest BCUT2D eigenvalue weighted by Gasteiger charge is -2.03. The summed E-state index contributed by atoms with van der Waals surface area (Å²) >= 11 is 0. The van der Waals surface area contributed by atoms with Gasteiger partial charge >= 0.3 is 0 Å². The Hall–Kier alpha value is -2.04. The van der Waals surface area contributed by atoms with E-state index in [1.54, 1.807) is 6.33 Å². The molecule has 0 saturated carbocycles. The van der Waals surface area contributed by atoms with Gasteiger partial charge in [-0.2, -0.15) is 0 Å². The van der Waals surface area contributed by atoms with Crippen molar-refractivity contribution in [2.75, 3.05) is 11.9 Å². The predicted molar refractivity (Wildman–Crippen MR) is 58.4 cm³/mol. The fourth-order valence-corrected chi connectivity index (χ4v) is 1.44. The Bertz CT molecular complexity index is 503. The molecule has 0 unspecified atom stereocenters. The number of anilines is 1. The molecule has 1 aromatic heterocycles. The third-order valence-corrected chi connectivity index (χ3v) is 2.19. The SMILES string of the molecule is Cn1cnc2cc(NCC(N)=O)ccc21. The molecule has 1 amide bonds. The number of hydrogen-bond donors (Lipinski definition) is 2. The van der Waals surface area contributed by atoms with Crippen LogP contribution in [0.25, 0.3) is 11.0 Å². The van der Waals surface area contributed by atoms with Gasteiger partial charge < -0.3 is 15.6 Å². The van der Waals surface area contributed by atoms with E-state index >= 15 is 0 Å². The monoisotopic (exact) mass is 204 g/mol. The molecule has 5 heteroatoms. The fraction of sp³-hybridized carbons (Fsp3) is 0.200. The topological polar surface area (TPSA) is 72.9 Å². The van der Waals surface area contributed by atoms with E-state index in [0.717, 1.165) is 16.7 Å². The van der Waals surface area contributed by atoms with Gasteiger partial charge in [0, 0.05) is 12.7 Å². The third kappa shape index (κ3) is 1.90. The minimum atomic E-state index is -0.379. The molecule has 2 rings (SSSR count). The Balaban J connectivity index is 2.27. The molecule has 0 aliphatic heterocycles. The van der Waals surface area contributed by atoms with Crippen molar-refractivity contribution in [2.24, 2.45) is 12.8 Å². The largest absolute Gasteiger partial charge is 0.376 e. The van der Waals surface area contributed by atoms with Gasteiger partial charge in [-0.1, -0.05) is 0 Å². The van der Waals surface area contributed by atoms with Gasteiger partial charge in [0.05, 0.1) is 23.9 Å². The average Bonchev–Trinajstić information content (AvgIpc) is 2.57. The maximum absolute atomic E-state index is 10.6. The van der Waals surface area contributed by atoms with E-state index in [4.69, 9.17) is 5.73 Å². The van der Waals surface area contributed by atoms with Crippen molar-refractivity contribution in [3.05, 3.63) is 24.5 Å². The van der Waals surface area contributed by atoms with Gasteiger partial charge in [0.2, 0.25) is 5.91 Å². The number of carbonyl (C=O) groups excluding carboxylic acids is 1. The number of primary amides is 1. The third-order valence-electron chi connectivity index (χ3n) is 2.19. The molecule has 0 saturated heterocycles. The zero-order valence-electron chi connectivity index (χ0n) is 8.40. The van der Waals surface area contributed by atoms with E-state index in [9.17, 15) is 4.79 Å². The number of carbonyl (C=O) groups is 1. The summed E-state index contributed by atoms with van der Waals surface area (Å²) in [6.07, 6.45) is 1.75. The second kappa shape index (κ2) is 3.61.